The molecule has 0 N–H and O–H groups in total. The maximum atomic E-state index is 12.3. The summed E-state index contributed by atoms with van der Waals surface area (Å²) in [7, 11) is -3.03. The quantitative estimate of drug-likeness (QED) is 0.853. The number of carbonyl (C=O) groups is 1. The highest BCUT2D eigenvalue weighted by molar-refractivity contribution is 7.91. The van der Waals surface area contributed by atoms with Gasteiger partial charge in [0.1, 0.15) is 0 Å². The van der Waals surface area contributed by atoms with Gasteiger partial charge in [-0.3, -0.25) is 4.79 Å². The minimum atomic E-state index is -3.03. The van der Waals surface area contributed by atoms with Crippen molar-refractivity contribution in [2.75, 3.05) is 11.5 Å². The van der Waals surface area contributed by atoms with Crippen molar-refractivity contribution in [1.29, 1.82) is 0 Å². The molecule has 1 aliphatic rings. The third-order valence-corrected chi connectivity index (χ3v) is 5.81. The zero-order chi connectivity index (χ0) is 14.8. The molecule has 1 aromatic rings. The van der Waals surface area contributed by atoms with Crippen molar-refractivity contribution >= 4 is 15.7 Å². The van der Waals surface area contributed by atoms with Crippen LogP contribution >= 0.6 is 0 Å². The molecule has 0 bridgehead atoms. The Balaban J connectivity index is 2.27. The summed E-state index contributed by atoms with van der Waals surface area (Å²) in [5.41, 5.74) is 0.446. The van der Waals surface area contributed by atoms with Gasteiger partial charge in [0.25, 0.3) is 0 Å². The van der Waals surface area contributed by atoms with Crippen LogP contribution in [-0.2, 0) is 21.2 Å². The second kappa shape index (κ2) is 5.56. The first-order valence-electron chi connectivity index (χ1n) is 6.91. The standard InChI is InChI=1S/C15H21NO3S/c1-3-14(17)16(11-13-7-5-4-6-8-13)15(2)9-10-20(18,19)12-15/h4-8H,3,9-12H2,1-2H3. The topological polar surface area (TPSA) is 54.5 Å². The molecule has 1 unspecified atom stereocenters. The van der Waals surface area contributed by atoms with Crippen LogP contribution in [0.5, 0.6) is 0 Å². The average Bonchev–Trinajstić information content (AvgIpc) is 2.71. The minimum absolute atomic E-state index is 0.00783. The van der Waals surface area contributed by atoms with Crippen LogP contribution in [0.15, 0.2) is 30.3 Å². The molecule has 110 valence electrons. The Morgan fingerprint density at radius 1 is 1.30 bits per heavy atom. The second-order valence-electron chi connectivity index (χ2n) is 5.66. The van der Waals surface area contributed by atoms with Crippen molar-refractivity contribution in [1.82, 2.24) is 4.90 Å². The molecule has 4 nitrogen and oxygen atoms in total. The highest BCUT2D eigenvalue weighted by atomic mass is 32.2. The fourth-order valence-electron chi connectivity index (χ4n) is 2.74. The molecule has 1 heterocycles. The normalized spacial score (nSPS) is 24.5. The van der Waals surface area contributed by atoms with E-state index in [1.165, 1.54) is 0 Å². The fraction of sp³-hybridized carbons (Fsp3) is 0.533. The van der Waals surface area contributed by atoms with Crippen LogP contribution in [0.2, 0.25) is 0 Å². The second-order valence-corrected chi connectivity index (χ2v) is 7.84. The van der Waals surface area contributed by atoms with Crippen LogP contribution < -0.4 is 0 Å². The number of hydrogen-bond donors (Lipinski definition) is 0. The molecular weight excluding hydrogens is 274 g/mol. The van der Waals surface area contributed by atoms with E-state index < -0.39 is 15.4 Å². The predicted octanol–water partition coefficient (Wildman–Crippen LogP) is 2.00. The zero-order valence-corrected chi connectivity index (χ0v) is 12.8. The van der Waals surface area contributed by atoms with E-state index in [0.717, 1.165) is 5.56 Å². The van der Waals surface area contributed by atoms with Crippen molar-refractivity contribution < 1.29 is 13.2 Å². The molecule has 0 spiro atoms. The van der Waals surface area contributed by atoms with Gasteiger partial charge in [0.2, 0.25) is 5.91 Å². The molecule has 1 aliphatic heterocycles. The molecule has 0 aromatic heterocycles. The van der Waals surface area contributed by atoms with Crippen molar-refractivity contribution in [3.8, 4) is 0 Å². The number of hydrogen-bond acceptors (Lipinski definition) is 3. The number of nitrogens with zero attached hydrogens (tertiary/aromatic N) is 1. The summed E-state index contributed by atoms with van der Waals surface area (Å²) in [6.45, 7) is 4.17. The Hall–Kier alpha value is -1.36. The Bertz CT molecular complexity index is 582. The first-order valence-corrected chi connectivity index (χ1v) is 8.73. The van der Waals surface area contributed by atoms with Gasteiger partial charge in [-0.25, -0.2) is 8.42 Å². The van der Waals surface area contributed by atoms with Gasteiger partial charge in [0, 0.05) is 13.0 Å². The summed E-state index contributed by atoms with van der Waals surface area (Å²) in [5.74, 6) is 0.248. The summed E-state index contributed by atoms with van der Waals surface area (Å²) in [5, 5.41) is 0. The smallest absolute Gasteiger partial charge is 0.223 e. The number of carbonyl (C=O) groups excluding carboxylic acids is 1. The highest BCUT2D eigenvalue weighted by Crippen LogP contribution is 2.31. The van der Waals surface area contributed by atoms with Gasteiger partial charge >= 0.3 is 0 Å². The maximum Gasteiger partial charge on any atom is 0.223 e. The van der Waals surface area contributed by atoms with Gasteiger partial charge in [0.05, 0.1) is 17.0 Å². The maximum absolute atomic E-state index is 12.3. The van der Waals surface area contributed by atoms with Gasteiger partial charge < -0.3 is 4.90 Å². The highest BCUT2D eigenvalue weighted by Gasteiger charge is 2.44. The van der Waals surface area contributed by atoms with E-state index in [1.54, 1.807) is 4.90 Å². The van der Waals surface area contributed by atoms with E-state index in [1.807, 2.05) is 44.2 Å². The molecule has 1 fully saturated rings. The lowest BCUT2D eigenvalue weighted by molar-refractivity contribution is -0.136. The van der Waals surface area contributed by atoms with Crippen LogP contribution in [0, 0.1) is 0 Å². The molecule has 20 heavy (non-hydrogen) atoms. The van der Waals surface area contributed by atoms with Gasteiger partial charge in [-0.05, 0) is 18.9 Å². The Labute approximate surface area is 120 Å². The van der Waals surface area contributed by atoms with Crippen molar-refractivity contribution in [2.24, 2.45) is 0 Å². The minimum Gasteiger partial charge on any atom is -0.332 e. The van der Waals surface area contributed by atoms with Crippen LogP contribution in [0.4, 0.5) is 0 Å². The molecule has 0 saturated carbocycles. The fourth-order valence-corrected chi connectivity index (χ4v) is 4.89. The first kappa shape index (κ1) is 15.0. The monoisotopic (exact) mass is 295 g/mol. The summed E-state index contributed by atoms with van der Waals surface area (Å²) in [6, 6.07) is 9.71. The van der Waals surface area contributed by atoms with Crippen LogP contribution in [-0.4, -0.2) is 36.3 Å². The summed E-state index contributed by atoms with van der Waals surface area (Å²) < 4.78 is 23.6. The third-order valence-electron chi connectivity index (χ3n) is 3.92. The molecule has 1 saturated heterocycles. The molecule has 1 aromatic carbocycles. The lowest BCUT2D eigenvalue weighted by atomic mass is 9.97. The first-order chi connectivity index (χ1) is 9.36. The zero-order valence-electron chi connectivity index (χ0n) is 12.0. The van der Waals surface area contributed by atoms with Crippen molar-refractivity contribution in [2.45, 2.75) is 38.8 Å². The van der Waals surface area contributed by atoms with E-state index in [0.29, 0.717) is 19.4 Å². The van der Waals surface area contributed by atoms with Gasteiger partial charge in [0.15, 0.2) is 9.84 Å². The lowest BCUT2D eigenvalue weighted by Gasteiger charge is -2.37. The number of sulfone groups is 1. The SMILES string of the molecule is CCC(=O)N(Cc1ccccc1)C1(C)CCS(=O)(=O)C1. The molecule has 0 aliphatic carbocycles. The Morgan fingerprint density at radius 2 is 1.95 bits per heavy atom. The van der Waals surface area contributed by atoms with Gasteiger partial charge in [-0.15, -0.1) is 0 Å². The summed E-state index contributed by atoms with van der Waals surface area (Å²) in [6.07, 6.45) is 0.913. The van der Waals surface area contributed by atoms with E-state index >= 15 is 0 Å². The number of rotatable bonds is 4. The molecule has 5 heteroatoms. The number of amides is 1. The van der Waals surface area contributed by atoms with Crippen molar-refractivity contribution in [3.05, 3.63) is 35.9 Å². The molecule has 0 radical (unpaired) electrons. The predicted molar refractivity (Wildman–Crippen MR) is 79.0 cm³/mol. The van der Waals surface area contributed by atoms with Crippen LogP contribution in [0.25, 0.3) is 0 Å². The Morgan fingerprint density at radius 3 is 2.45 bits per heavy atom. The lowest BCUT2D eigenvalue weighted by Crippen LogP contribution is -2.50. The summed E-state index contributed by atoms with van der Waals surface area (Å²) >= 11 is 0. The molecular formula is C15H21NO3S. The van der Waals surface area contributed by atoms with E-state index in [4.69, 9.17) is 0 Å². The summed E-state index contributed by atoms with van der Waals surface area (Å²) in [4.78, 5) is 14.0. The van der Waals surface area contributed by atoms with E-state index in [9.17, 15) is 13.2 Å². The third kappa shape index (κ3) is 3.20. The van der Waals surface area contributed by atoms with E-state index in [2.05, 4.69) is 0 Å². The van der Waals surface area contributed by atoms with E-state index in [-0.39, 0.29) is 17.4 Å². The van der Waals surface area contributed by atoms with Gasteiger partial charge in [-0.1, -0.05) is 37.3 Å². The molecule has 2 rings (SSSR count). The molecule has 1 atom stereocenters. The van der Waals surface area contributed by atoms with Crippen LogP contribution in [0.3, 0.4) is 0 Å². The van der Waals surface area contributed by atoms with Crippen LogP contribution in [0.1, 0.15) is 32.3 Å². The molecule has 1 amide bonds. The largest absolute Gasteiger partial charge is 0.332 e. The average molecular weight is 295 g/mol. The van der Waals surface area contributed by atoms with Gasteiger partial charge in [-0.2, -0.15) is 0 Å². The number of benzene rings is 1. The Kier molecular flexibility index (Phi) is 4.18. The van der Waals surface area contributed by atoms with Crippen molar-refractivity contribution in [3.63, 3.8) is 0 Å².